The fourth-order valence-electron chi connectivity index (χ4n) is 4.57. The molecule has 4 aromatic rings. The van der Waals surface area contributed by atoms with Crippen LogP contribution >= 0.6 is 23.5 Å². The van der Waals surface area contributed by atoms with Crippen LogP contribution in [0.2, 0.25) is 0 Å². The van der Waals surface area contributed by atoms with Crippen LogP contribution in [0.1, 0.15) is 12.8 Å². The summed E-state index contributed by atoms with van der Waals surface area (Å²) in [6.45, 7) is 1.16. The average molecular weight is 502 g/mol. The lowest BCUT2D eigenvalue weighted by Crippen LogP contribution is -2.31. The van der Waals surface area contributed by atoms with Crippen LogP contribution in [0.3, 0.4) is 0 Å². The van der Waals surface area contributed by atoms with Crippen molar-refractivity contribution in [3.63, 3.8) is 0 Å². The minimum Gasteiger partial charge on any atom is -0.376 e. The van der Waals surface area contributed by atoms with Crippen molar-refractivity contribution in [3.8, 4) is 0 Å². The van der Waals surface area contributed by atoms with Gasteiger partial charge in [-0.3, -0.25) is 19.1 Å². The maximum absolute atomic E-state index is 13.7. The molecule has 176 valence electrons. The molecule has 0 radical (unpaired) electrons. The molecule has 0 bridgehead atoms. The summed E-state index contributed by atoms with van der Waals surface area (Å²) in [7, 11) is 0. The topological polar surface area (TPSA) is 64.4 Å². The van der Waals surface area contributed by atoms with Crippen LogP contribution in [-0.4, -0.2) is 33.9 Å². The molecule has 8 heteroatoms. The van der Waals surface area contributed by atoms with Gasteiger partial charge in [0, 0.05) is 16.4 Å². The van der Waals surface area contributed by atoms with E-state index in [9.17, 15) is 9.59 Å². The van der Waals surface area contributed by atoms with Gasteiger partial charge in [0.05, 0.1) is 40.7 Å². The molecule has 3 heterocycles. The number of rotatable bonds is 5. The highest BCUT2D eigenvalue weighted by molar-refractivity contribution is 8.00. The fourth-order valence-corrected chi connectivity index (χ4v) is 6.49. The van der Waals surface area contributed by atoms with E-state index in [1.54, 1.807) is 27.3 Å². The number of carbonyl (C=O) groups excluding carboxylic acids is 1. The van der Waals surface area contributed by atoms with E-state index >= 15 is 0 Å². The van der Waals surface area contributed by atoms with Crippen LogP contribution in [0.25, 0.3) is 10.9 Å². The fraction of sp³-hybridized carbons (Fsp3) is 0.222. The highest BCUT2D eigenvalue weighted by atomic mass is 32.2. The predicted octanol–water partition coefficient (Wildman–Crippen LogP) is 5.50. The van der Waals surface area contributed by atoms with E-state index in [4.69, 9.17) is 9.72 Å². The Hall–Kier alpha value is -3.07. The molecule has 35 heavy (non-hydrogen) atoms. The molecule has 0 unspecified atom stereocenters. The Labute approximate surface area is 211 Å². The third-order valence-electron chi connectivity index (χ3n) is 6.24. The number of thioether (sulfide) groups is 1. The summed E-state index contributed by atoms with van der Waals surface area (Å²) >= 11 is 2.98. The van der Waals surface area contributed by atoms with Gasteiger partial charge in [-0.25, -0.2) is 4.98 Å². The minimum absolute atomic E-state index is 0.0106. The lowest BCUT2D eigenvalue weighted by molar-refractivity contribution is -0.115. The van der Waals surface area contributed by atoms with Crippen molar-refractivity contribution in [2.75, 3.05) is 17.3 Å². The Morgan fingerprint density at radius 2 is 1.69 bits per heavy atom. The number of hydrogen-bond acceptors (Lipinski definition) is 6. The molecule has 0 N–H and O–H groups in total. The molecule has 2 aliphatic heterocycles. The SMILES string of the molecule is O=C(CSc1nc2ccccc2c(=O)n1C[C@H]1CCCO1)N1c2ccccc2Sc2ccccc21. The normalized spacial score (nSPS) is 16.8. The van der Waals surface area contributed by atoms with Crippen molar-refractivity contribution >= 4 is 51.7 Å². The molecule has 1 fully saturated rings. The number of carbonyl (C=O) groups is 1. The quantitative estimate of drug-likeness (QED) is 0.266. The maximum atomic E-state index is 13.7. The van der Waals surface area contributed by atoms with Gasteiger partial charge in [0.2, 0.25) is 5.91 Å². The lowest BCUT2D eigenvalue weighted by atomic mass is 10.2. The monoisotopic (exact) mass is 501 g/mol. The Bertz CT molecular complexity index is 1430. The number of anilines is 2. The smallest absolute Gasteiger partial charge is 0.262 e. The van der Waals surface area contributed by atoms with Gasteiger partial charge in [-0.05, 0) is 49.2 Å². The molecule has 6 rings (SSSR count). The summed E-state index contributed by atoms with van der Waals surface area (Å²) in [6, 6.07) is 23.3. The van der Waals surface area contributed by atoms with E-state index in [-0.39, 0.29) is 23.3 Å². The standard InChI is InChI=1S/C27H23N3O3S2/c31-25(30-21-11-3-5-13-23(21)35-24-14-6-4-12-22(24)30)17-34-27-28-20-10-2-1-9-19(20)26(32)29(27)16-18-8-7-15-33-18/h1-6,9-14,18H,7-8,15-17H2/t18-/m1/s1. The van der Waals surface area contributed by atoms with Crippen LogP contribution in [0.4, 0.5) is 11.4 Å². The number of para-hydroxylation sites is 3. The van der Waals surface area contributed by atoms with Gasteiger partial charge in [-0.1, -0.05) is 59.9 Å². The third-order valence-corrected chi connectivity index (χ3v) is 8.33. The second-order valence-electron chi connectivity index (χ2n) is 8.52. The van der Waals surface area contributed by atoms with E-state index in [2.05, 4.69) is 0 Å². The molecular formula is C27H23N3O3S2. The molecule has 1 saturated heterocycles. The summed E-state index contributed by atoms with van der Waals surface area (Å²) in [5, 5.41) is 1.13. The van der Waals surface area contributed by atoms with Crippen molar-refractivity contribution in [2.45, 2.75) is 40.4 Å². The van der Waals surface area contributed by atoms with Crippen LogP contribution in [0.5, 0.6) is 0 Å². The molecule has 0 spiro atoms. The van der Waals surface area contributed by atoms with Crippen molar-refractivity contribution in [1.82, 2.24) is 9.55 Å². The first-order chi connectivity index (χ1) is 17.2. The number of aromatic nitrogens is 2. The second kappa shape index (κ2) is 9.53. The van der Waals surface area contributed by atoms with Gasteiger partial charge in [0.15, 0.2) is 5.16 Å². The summed E-state index contributed by atoms with van der Waals surface area (Å²) in [4.78, 5) is 35.7. The first kappa shape index (κ1) is 22.4. The molecule has 6 nitrogen and oxygen atoms in total. The summed E-state index contributed by atoms with van der Waals surface area (Å²) in [5.41, 5.74) is 2.31. The van der Waals surface area contributed by atoms with Gasteiger partial charge >= 0.3 is 0 Å². The van der Waals surface area contributed by atoms with Crippen LogP contribution < -0.4 is 10.5 Å². The molecule has 2 aliphatic rings. The zero-order valence-electron chi connectivity index (χ0n) is 18.9. The Balaban J connectivity index is 1.34. The molecule has 0 saturated carbocycles. The van der Waals surface area contributed by atoms with Crippen molar-refractivity contribution in [2.24, 2.45) is 0 Å². The number of fused-ring (bicyclic) bond motifs is 3. The Morgan fingerprint density at radius 3 is 2.40 bits per heavy atom. The van der Waals surface area contributed by atoms with Gasteiger partial charge in [-0.15, -0.1) is 0 Å². The van der Waals surface area contributed by atoms with E-state index in [1.807, 2.05) is 66.7 Å². The number of nitrogens with zero attached hydrogens (tertiary/aromatic N) is 3. The van der Waals surface area contributed by atoms with E-state index < -0.39 is 0 Å². The average Bonchev–Trinajstić information content (AvgIpc) is 3.41. The highest BCUT2D eigenvalue weighted by Crippen LogP contribution is 2.48. The first-order valence-electron chi connectivity index (χ1n) is 11.6. The molecule has 3 aromatic carbocycles. The van der Waals surface area contributed by atoms with Crippen molar-refractivity contribution in [1.29, 1.82) is 0 Å². The van der Waals surface area contributed by atoms with Crippen molar-refractivity contribution in [3.05, 3.63) is 83.2 Å². The van der Waals surface area contributed by atoms with Crippen LogP contribution in [0, 0.1) is 0 Å². The minimum atomic E-state index is -0.0916. The summed E-state index contributed by atoms with van der Waals surface area (Å²) < 4.78 is 7.49. The second-order valence-corrected chi connectivity index (χ2v) is 10.5. The van der Waals surface area contributed by atoms with E-state index in [0.29, 0.717) is 29.2 Å². The third kappa shape index (κ3) is 4.26. The summed E-state index contributed by atoms with van der Waals surface area (Å²) in [6.07, 6.45) is 1.90. The predicted molar refractivity (Wildman–Crippen MR) is 140 cm³/mol. The van der Waals surface area contributed by atoms with E-state index in [1.165, 1.54) is 11.8 Å². The number of benzene rings is 3. The number of amides is 1. The molecule has 0 aliphatic carbocycles. The number of ether oxygens (including phenoxy) is 1. The van der Waals surface area contributed by atoms with Crippen LogP contribution in [0.15, 0.2) is 92.5 Å². The molecule has 1 amide bonds. The zero-order valence-corrected chi connectivity index (χ0v) is 20.6. The summed E-state index contributed by atoms with van der Waals surface area (Å²) in [5.74, 6) is 0.102. The molecule has 1 atom stereocenters. The van der Waals surface area contributed by atoms with Crippen LogP contribution in [-0.2, 0) is 16.1 Å². The zero-order chi connectivity index (χ0) is 23.8. The molecular weight excluding hydrogens is 478 g/mol. The van der Waals surface area contributed by atoms with Gasteiger partial charge in [0.1, 0.15) is 0 Å². The van der Waals surface area contributed by atoms with Gasteiger partial charge in [-0.2, -0.15) is 0 Å². The van der Waals surface area contributed by atoms with E-state index in [0.717, 1.165) is 34.0 Å². The maximum Gasteiger partial charge on any atom is 0.262 e. The lowest BCUT2D eigenvalue weighted by Gasteiger charge is -2.31. The van der Waals surface area contributed by atoms with Crippen molar-refractivity contribution < 1.29 is 9.53 Å². The van der Waals surface area contributed by atoms with Gasteiger partial charge < -0.3 is 4.74 Å². The number of hydrogen-bond donors (Lipinski definition) is 0. The van der Waals surface area contributed by atoms with Gasteiger partial charge in [0.25, 0.3) is 5.56 Å². The largest absolute Gasteiger partial charge is 0.376 e. The molecule has 1 aromatic heterocycles. The Kier molecular flexibility index (Phi) is 6.10. The highest BCUT2D eigenvalue weighted by Gasteiger charge is 2.28. The Morgan fingerprint density at radius 1 is 1.00 bits per heavy atom. The first-order valence-corrected chi connectivity index (χ1v) is 13.4.